The molecule has 0 aliphatic heterocycles. The van der Waals surface area contributed by atoms with Crippen LogP contribution in [0.15, 0.2) is 66.7 Å². The Morgan fingerprint density at radius 3 is 2.38 bits per heavy atom. The average Bonchev–Trinajstić information content (AvgIpc) is 2.72. The fourth-order valence-electron chi connectivity index (χ4n) is 2.90. The minimum Gasteiger partial charge on any atom is -0.340 e. The first-order chi connectivity index (χ1) is 14.0. The molecule has 0 aliphatic carbocycles. The SMILES string of the molecule is Cc1ccc(Nc2nc(C(=O)Nc3ccc(C)c(F)c3)nc3ccccc23)cc1. The zero-order chi connectivity index (χ0) is 20.4. The topological polar surface area (TPSA) is 66.9 Å². The van der Waals surface area contributed by atoms with Crippen LogP contribution in [0.3, 0.4) is 0 Å². The number of hydrogen-bond acceptors (Lipinski definition) is 4. The maximum atomic E-state index is 13.8. The number of amides is 1. The van der Waals surface area contributed by atoms with Gasteiger partial charge >= 0.3 is 0 Å². The van der Waals surface area contributed by atoms with Gasteiger partial charge in [0, 0.05) is 16.8 Å². The molecule has 29 heavy (non-hydrogen) atoms. The Morgan fingerprint density at radius 2 is 1.62 bits per heavy atom. The second-order valence-electron chi connectivity index (χ2n) is 6.82. The summed E-state index contributed by atoms with van der Waals surface area (Å²) in [7, 11) is 0. The number of nitrogens with zero attached hydrogens (tertiary/aromatic N) is 2. The normalized spacial score (nSPS) is 10.7. The van der Waals surface area contributed by atoms with Crippen molar-refractivity contribution in [2.45, 2.75) is 13.8 Å². The smallest absolute Gasteiger partial charge is 0.293 e. The van der Waals surface area contributed by atoms with Gasteiger partial charge in [0.25, 0.3) is 5.91 Å². The lowest BCUT2D eigenvalue weighted by atomic mass is 10.2. The number of para-hydroxylation sites is 1. The summed E-state index contributed by atoms with van der Waals surface area (Å²) in [6.45, 7) is 3.68. The zero-order valence-electron chi connectivity index (χ0n) is 16.0. The number of aryl methyl sites for hydroxylation is 2. The first-order valence-electron chi connectivity index (χ1n) is 9.17. The monoisotopic (exact) mass is 386 g/mol. The third-order valence-electron chi connectivity index (χ3n) is 4.55. The zero-order valence-corrected chi connectivity index (χ0v) is 16.0. The molecule has 144 valence electrons. The van der Waals surface area contributed by atoms with Crippen molar-refractivity contribution in [2.75, 3.05) is 10.6 Å². The first kappa shape index (κ1) is 18.6. The maximum absolute atomic E-state index is 13.8. The number of carbonyl (C=O) groups is 1. The molecule has 4 aromatic rings. The van der Waals surface area contributed by atoms with Gasteiger partial charge in [-0.25, -0.2) is 14.4 Å². The summed E-state index contributed by atoms with van der Waals surface area (Å²) in [5.74, 6) is -0.367. The van der Waals surface area contributed by atoms with Gasteiger partial charge in [-0.1, -0.05) is 35.9 Å². The van der Waals surface area contributed by atoms with Crippen LogP contribution in [-0.2, 0) is 0 Å². The lowest BCUT2D eigenvalue weighted by Crippen LogP contribution is -2.17. The van der Waals surface area contributed by atoms with E-state index in [-0.39, 0.29) is 11.6 Å². The van der Waals surface area contributed by atoms with E-state index in [1.807, 2.05) is 55.5 Å². The molecule has 1 aromatic heterocycles. The van der Waals surface area contributed by atoms with E-state index in [2.05, 4.69) is 20.6 Å². The fourth-order valence-corrected chi connectivity index (χ4v) is 2.90. The summed E-state index contributed by atoms with van der Waals surface area (Å²) >= 11 is 0. The Bertz CT molecular complexity index is 1210. The quantitative estimate of drug-likeness (QED) is 0.494. The number of hydrogen-bond donors (Lipinski definition) is 2. The van der Waals surface area contributed by atoms with E-state index in [1.165, 1.54) is 6.07 Å². The Labute approximate surface area is 167 Å². The van der Waals surface area contributed by atoms with Gasteiger partial charge in [-0.05, 0) is 55.8 Å². The van der Waals surface area contributed by atoms with Crippen molar-refractivity contribution in [3.63, 3.8) is 0 Å². The third kappa shape index (κ3) is 4.06. The van der Waals surface area contributed by atoms with Crippen LogP contribution < -0.4 is 10.6 Å². The maximum Gasteiger partial charge on any atom is 0.293 e. The van der Waals surface area contributed by atoms with Crippen molar-refractivity contribution in [3.8, 4) is 0 Å². The van der Waals surface area contributed by atoms with Gasteiger partial charge in [0.1, 0.15) is 11.6 Å². The molecular formula is C23H19FN4O. The van der Waals surface area contributed by atoms with Crippen molar-refractivity contribution in [1.29, 1.82) is 0 Å². The molecule has 0 saturated heterocycles. The number of rotatable bonds is 4. The minimum absolute atomic E-state index is 0.000653. The number of benzene rings is 3. The molecule has 0 aliphatic rings. The first-order valence-corrected chi connectivity index (χ1v) is 9.17. The van der Waals surface area contributed by atoms with Crippen LogP contribution in [0.1, 0.15) is 21.7 Å². The summed E-state index contributed by atoms with van der Waals surface area (Å²) in [6.07, 6.45) is 0. The summed E-state index contributed by atoms with van der Waals surface area (Å²) < 4.78 is 13.8. The number of aromatic nitrogens is 2. The molecule has 3 aromatic carbocycles. The van der Waals surface area contributed by atoms with E-state index in [4.69, 9.17) is 0 Å². The predicted molar refractivity (Wildman–Crippen MR) is 113 cm³/mol. The lowest BCUT2D eigenvalue weighted by molar-refractivity contribution is 0.101. The Balaban J connectivity index is 1.69. The Morgan fingerprint density at radius 1 is 0.897 bits per heavy atom. The van der Waals surface area contributed by atoms with Crippen LogP contribution in [-0.4, -0.2) is 15.9 Å². The molecule has 5 nitrogen and oxygen atoms in total. The van der Waals surface area contributed by atoms with Crippen molar-refractivity contribution < 1.29 is 9.18 Å². The molecule has 0 saturated carbocycles. The van der Waals surface area contributed by atoms with Gasteiger partial charge in [-0.3, -0.25) is 4.79 Å². The fraction of sp³-hybridized carbons (Fsp3) is 0.0870. The van der Waals surface area contributed by atoms with Crippen molar-refractivity contribution in [3.05, 3.63) is 89.5 Å². The van der Waals surface area contributed by atoms with Crippen LogP contribution in [0.25, 0.3) is 10.9 Å². The van der Waals surface area contributed by atoms with Gasteiger partial charge in [-0.15, -0.1) is 0 Å². The number of fused-ring (bicyclic) bond motifs is 1. The number of halogens is 1. The molecule has 4 rings (SSSR count). The van der Waals surface area contributed by atoms with E-state index >= 15 is 0 Å². The van der Waals surface area contributed by atoms with Crippen molar-refractivity contribution >= 4 is 34.0 Å². The van der Waals surface area contributed by atoms with E-state index in [9.17, 15) is 9.18 Å². The lowest BCUT2D eigenvalue weighted by Gasteiger charge is -2.11. The highest BCUT2D eigenvalue weighted by Gasteiger charge is 2.15. The van der Waals surface area contributed by atoms with Crippen LogP contribution in [0, 0.1) is 19.7 Å². The predicted octanol–water partition coefficient (Wildman–Crippen LogP) is 5.38. The molecule has 0 spiro atoms. The van der Waals surface area contributed by atoms with Gasteiger partial charge in [-0.2, -0.15) is 0 Å². The standard InChI is InChI=1S/C23H19FN4O/c1-14-7-10-16(11-8-14)25-21-18-5-3-4-6-20(18)27-22(28-21)23(29)26-17-12-9-15(2)19(24)13-17/h3-13H,1-2H3,(H,26,29)(H,25,27,28). The Kier molecular flexibility index (Phi) is 4.91. The molecule has 0 radical (unpaired) electrons. The summed E-state index contributed by atoms with van der Waals surface area (Å²) in [4.78, 5) is 21.5. The molecule has 0 fully saturated rings. The van der Waals surface area contributed by atoms with Gasteiger partial charge in [0.05, 0.1) is 5.52 Å². The molecule has 1 heterocycles. The minimum atomic E-state index is -0.508. The Hall–Kier alpha value is -3.80. The van der Waals surface area contributed by atoms with E-state index in [0.29, 0.717) is 22.6 Å². The molecule has 1 amide bonds. The number of carbonyl (C=O) groups excluding carboxylic acids is 1. The molecule has 0 unspecified atom stereocenters. The van der Waals surface area contributed by atoms with Crippen LogP contribution in [0.5, 0.6) is 0 Å². The second-order valence-corrected chi connectivity index (χ2v) is 6.82. The highest BCUT2D eigenvalue weighted by atomic mass is 19.1. The molecule has 6 heteroatoms. The van der Waals surface area contributed by atoms with E-state index < -0.39 is 5.91 Å². The summed E-state index contributed by atoms with van der Waals surface area (Å²) in [5.41, 5.74) is 3.50. The van der Waals surface area contributed by atoms with Gasteiger partial charge in [0.2, 0.25) is 5.82 Å². The van der Waals surface area contributed by atoms with E-state index in [0.717, 1.165) is 16.6 Å². The number of anilines is 3. The largest absolute Gasteiger partial charge is 0.340 e. The molecular weight excluding hydrogens is 367 g/mol. The molecule has 0 atom stereocenters. The molecule has 0 bridgehead atoms. The number of nitrogens with one attached hydrogen (secondary N) is 2. The molecule has 2 N–H and O–H groups in total. The van der Waals surface area contributed by atoms with Crippen LogP contribution >= 0.6 is 0 Å². The third-order valence-corrected chi connectivity index (χ3v) is 4.55. The van der Waals surface area contributed by atoms with E-state index in [1.54, 1.807) is 19.1 Å². The van der Waals surface area contributed by atoms with Crippen LogP contribution in [0.2, 0.25) is 0 Å². The van der Waals surface area contributed by atoms with Crippen LogP contribution in [0.4, 0.5) is 21.6 Å². The van der Waals surface area contributed by atoms with Crippen molar-refractivity contribution in [2.24, 2.45) is 0 Å². The summed E-state index contributed by atoms with van der Waals surface area (Å²) in [6, 6.07) is 19.9. The average molecular weight is 386 g/mol. The van der Waals surface area contributed by atoms with Gasteiger partial charge in [0.15, 0.2) is 0 Å². The highest BCUT2D eigenvalue weighted by Crippen LogP contribution is 2.24. The van der Waals surface area contributed by atoms with Gasteiger partial charge < -0.3 is 10.6 Å². The summed E-state index contributed by atoms with van der Waals surface area (Å²) in [5, 5.41) is 6.71. The van der Waals surface area contributed by atoms with Crippen molar-refractivity contribution in [1.82, 2.24) is 9.97 Å². The second kappa shape index (κ2) is 7.67. The highest BCUT2D eigenvalue weighted by molar-refractivity contribution is 6.04.